The highest BCUT2D eigenvalue weighted by Gasteiger charge is 2.51. The van der Waals surface area contributed by atoms with Crippen molar-refractivity contribution in [2.45, 2.75) is 52.2 Å². The molecule has 3 rings (SSSR count). The molecule has 0 radical (unpaired) electrons. The van der Waals surface area contributed by atoms with E-state index in [4.69, 9.17) is 9.31 Å². The van der Waals surface area contributed by atoms with E-state index >= 15 is 0 Å². The van der Waals surface area contributed by atoms with Crippen LogP contribution in [0.4, 0.5) is 5.69 Å². The molecule has 0 bridgehead atoms. The molecule has 0 aliphatic carbocycles. The smallest absolute Gasteiger partial charge is 0.399 e. The Morgan fingerprint density at radius 1 is 1.19 bits per heavy atom. The minimum absolute atomic E-state index is 0.0946. The monoisotopic (exact) mass is 287 g/mol. The number of carbonyl (C=O) groups is 1. The highest BCUT2D eigenvalue weighted by molar-refractivity contribution is 6.62. The number of rotatable bonds is 1. The number of nitrogens with zero attached hydrogens (tertiary/aromatic N) is 1. The van der Waals surface area contributed by atoms with E-state index in [1.165, 1.54) is 5.56 Å². The number of fused-ring (bicyclic) bond motifs is 1. The Balaban J connectivity index is 1.88. The Kier molecular flexibility index (Phi) is 3.19. The minimum atomic E-state index is -0.341. The molecular weight excluding hydrogens is 265 g/mol. The molecule has 2 aliphatic rings. The third kappa shape index (κ3) is 2.28. The first-order chi connectivity index (χ1) is 9.71. The Morgan fingerprint density at radius 2 is 1.81 bits per heavy atom. The maximum absolute atomic E-state index is 11.6. The molecule has 1 aromatic rings. The van der Waals surface area contributed by atoms with Crippen LogP contribution in [0.15, 0.2) is 18.2 Å². The van der Waals surface area contributed by atoms with Crippen LogP contribution in [0.2, 0.25) is 0 Å². The summed E-state index contributed by atoms with van der Waals surface area (Å²) in [6.45, 7) is 10.6. The Bertz CT molecular complexity index is 581. The number of hydrogen-bond donors (Lipinski definition) is 0. The topological polar surface area (TPSA) is 38.8 Å². The number of anilines is 1. The van der Waals surface area contributed by atoms with Crippen LogP contribution >= 0.6 is 0 Å². The Labute approximate surface area is 126 Å². The van der Waals surface area contributed by atoms with E-state index in [2.05, 4.69) is 33.8 Å². The SMILES string of the molecule is CC(=O)N1CCc2cc(B3OC(C)(C)C(C)(C)O3)ccc21. The molecule has 0 unspecified atom stereocenters. The molecule has 0 saturated carbocycles. The van der Waals surface area contributed by atoms with Gasteiger partial charge in [0.25, 0.3) is 0 Å². The lowest BCUT2D eigenvalue weighted by atomic mass is 9.78. The predicted octanol–water partition coefficient (Wildman–Crippen LogP) is 1.89. The first kappa shape index (κ1) is 14.6. The molecule has 1 aromatic carbocycles. The molecule has 0 spiro atoms. The summed E-state index contributed by atoms with van der Waals surface area (Å²) >= 11 is 0. The molecular formula is C16H22BNO3. The summed E-state index contributed by atoms with van der Waals surface area (Å²) in [6.07, 6.45) is 0.891. The quantitative estimate of drug-likeness (QED) is 0.740. The molecule has 0 aromatic heterocycles. The fraction of sp³-hybridized carbons (Fsp3) is 0.562. The van der Waals surface area contributed by atoms with Crippen LogP contribution in [-0.4, -0.2) is 30.8 Å². The normalized spacial score (nSPS) is 22.5. The molecule has 4 nitrogen and oxygen atoms in total. The molecule has 2 aliphatic heterocycles. The van der Waals surface area contributed by atoms with Crippen LogP contribution in [0.1, 0.15) is 40.2 Å². The Hall–Kier alpha value is -1.33. The maximum atomic E-state index is 11.6. The van der Waals surface area contributed by atoms with Crippen molar-refractivity contribution >= 4 is 24.2 Å². The summed E-state index contributed by atoms with van der Waals surface area (Å²) < 4.78 is 12.2. The van der Waals surface area contributed by atoms with Gasteiger partial charge in [0.15, 0.2) is 0 Å². The van der Waals surface area contributed by atoms with Gasteiger partial charge in [-0.15, -0.1) is 0 Å². The van der Waals surface area contributed by atoms with E-state index in [1.54, 1.807) is 6.92 Å². The largest absolute Gasteiger partial charge is 0.494 e. The van der Waals surface area contributed by atoms with E-state index in [0.717, 1.165) is 24.1 Å². The molecule has 1 fully saturated rings. The van der Waals surface area contributed by atoms with Gasteiger partial charge in [-0.05, 0) is 51.2 Å². The zero-order valence-electron chi connectivity index (χ0n) is 13.4. The van der Waals surface area contributed by atoms with E-state index in [0.29, 0.717) is 0 Å². The van der Waals surface area contributed by atoms with Gasteiger partial charge in [0.2, 0.25) is 5.91 Å². The van der Waals surface area contributed by atoms with Gasteiger partial charge in [0.05, 0.1) is 11.2 Å². The van der Waals surface area contributed by atoms with Crippen LogP contribution in [0.5, 0.6) is 0 Å². The highest BCUT2D eigenvalue weighted by Crippen LogP contribution is 2.37. The van der Waals surface area contributed by atoms with Gasteiger partial charge >= 0.3 is 7.12 Å². The van der Waals surface area contributed by atoms with Crippen LogP contribution in [0.3, 0.4) is 0 Å². The molecule has 2 heterocycles. The summed E-state index contributed by atoms with van der Waals surface area (Å²) in [4.78, 5) is 13.4. The zero-order chi connectivity index (χ0) is 15.4. The minimum Gasteiger partial charge on any atom is -0.399 e. The maximum Gasteiger partial charge on any atom is 0.494 e. The molecule has 21 heavy (non-hydrogen) atoms. The standard InChI is InChI=1S/C16H22BNO3/c1-11(19)18-9-8-12-10-13(6-7-14(12)18)17-20-15(2,3)16(4,5)21-17/h6-7,10H,8-9H2,1-5H3. The third-order valence-electron chi connectivity index (χ3n) is 4.90. The van der Waals surface area contributed by atoms with Gasteiger partial charge in [-0.3, -0.25) is 4.79 Å². The average Bonchev–Trinajstić information content (AvgIpc) is 2.87. The first-order valence-corrected chi connectivity index (χ1v) is 7.48. The number of benzene rings is 1. The number of amides is 1. The van der Waals surface area contributed by atoms with Gasteiger partial charge in [0, 0.05) is 19.2 Å². The van der Waals surface area contributed by atoms with Crippen molar-refractivity contribution in [3.63, 3.8) is 0 Å². The fourth-order valence-electron chi connectivity index (χ4n) is 2.87. The van der Waals surface area contributed by atoms with Crippen molar-refractivity contribution in [1.82, 2.24) is 0 Å². The van der Waals surface area contributed by atoms with E-state index in [1.807, 2.05) is 17.0 Å². The summed E-state index contributed by atoms with van der Waals surface area (Å²) in [5.74, 6) is 0.0946. The van der Waals surface area contributed by atoms with Gasteiger partial charge < -0.3 is 14.2 Å². The van der Waals surface area contributed by atoms with Crippen LogP contribution < -0.4 is 10.4 Å². The number of hydrogen-bond acceptors (Lipinski definition) is 3. The lowest BCUT2D eigenvalue weighted by Gasteiger charge is -2.32. The van der Waals surface area contributed by atoms with Gasteiger partial charge in [0.1, 0.15) is 0 Å². The summed E-state index contributed by atoms with van der Waals surface area (Å²) in [5.41, 5.74) is 2.57. The third-order valence-corrected chi connectivity index (χ3v) is 4.90. The van der Waals surface area contributed by atoms with Crippen molar-refractivity contribution in [2.75, 3.05) is 11.4 Å². The summed E-state index contributed by atoms with van der Waals surface area (Å²) in [7, 11) is -0.341. The van der Waals surface area contributed by atoms with Crippen molar-refractivity contribution in [3.8, 4) is 0 Å². The molecule has 0 atom stereocenters. The summed E-state index contributed by atoms with van der Waals surface area (Å²) in [6, 6.07) is 6.12. The molecule has 5 heteroatoms. The molecule has 1 amide bonds. The fourth-order valence-corrected chi connectivity index (χ4v) is 2.87. The molecule has 0 N–H and O–H groups in total. The van der Waals surface area contributed by atoms with E-state index in [-0.39, 0.29) is 24.2 Å². The highest BCUT2D eigenvalue weighted by atomic mass is 16.7. The van der Waals surface area contributed by atoms with Crippen molar-refractivity contribution in [3.05, 3.63) is 23.8 Å². The molecule has 1 saturated heterocycles. The predicted molar refractivity (Wildman–Crippen MR) is 83.9 cm³/mol. The average molecular weight is 287 g/mol. The van der Waals surface area contributed by atoms with Crippen LogP contribution in [-0.2, 0) is 20.5 Å². The van der Waals surface area contributed by atoms with Crippen molar-refractivity contribution in [2.24, 2.45) is 0 Å². The van der Waals surface area contributed by atoms with Gasteiger partial charge in [-0.2, -0.15) is 0 Å². The first-order valence-electron chi connectivity index (χ1n) is 7.48. The lowest BCUT2D eigenvalue weighted by molar-refractivity contribution is -0.116. The van der Waals surface area contributed by atoms with Crippen molar-refractivity contribution < 1.29 is 14.1 Å². The second-order valence-electron chi connectivity index (χ2n) is 6.90. The van der Waals surface area contributed by atoms with Gasteiger partial charge in [-0.1, -0.05) is 12.1 Å². The van der Waals surface area contributed by atoms with Crippen molar-refractivity contribution in [1.29, 1.82) is 0 Å². The van der Waals surface area contributed by atoms with E-state index in [9.17, 15) is 4.79 Å². The lowest BCUT2D eigenvalue weighted by Crippen LogP contribution is -2.41. The zero-order valence-corrected chi connectivity index (χ0v) is 13.4. The second kappa shape index (κ2) is 4.58. The van der Waals surface area contributed by atoms with Crippen LogP contribution in [0, 0.1) is 0 Å². The number of carbonyl (C=O) groups excluding carboxylic acids is 1. The Morgan fingerprint density at radius 3 is 2.38 bits per heavy atom. The van der Waals surface area contributed by atoms with Crippen LogP contribution in [0.25, 0.3) is 0 Å². The molecule has 112 valence electrons. The van der Waals surface area contributed by atoms with Gasteiger partial charge in [-0.25, -0.2) is 0 Å². The van der Waals surface area contributed by atoms with E-state index < -0.39 is 0 Å². The second-order valence-corrected chi connectivity index (χ2v) is 6.90. The summed E-state index contributed by atoms with van der Waals surface area (Å²) in [5, 5.41) is 0.